The molecule has 96 valence electrons. The second kappa shape index (κ2) is 4.94. The number of aliphatic hydroxyl groups excluding tert-OH is 1. The van der Waals surface area contributed by atoms with Crippen molar-refractivity contribution in [3.05, 3.63) is 53.9 Å². The molecule has 0 bridgehead atoms. The van der Waals surface area contributed by atoms with Crippen LogP contribution >= 0.6 is 0 Å². The van der Waals surface area contributed by atoms with E-state index in [1.54, 1.807) is 4.68 Å². The highest BCUT2D eigenvalue weighted by Crippen LogP contribution is 2.20. The summed E-state index contributed by atoms with van der Waals surface area (Å²) in [6.07, 6.45) is 1.41. The summed E-state index contributed by atoms with van der Waals surface area (Å²) in [5, 5.41) is 14.6. The summed E-state index contributed by atoms with van der Waals surface area (Å²) >= 11 is 0. The van der Waals surface area contributed by atoms with Gasteiger partial charge in [0, 0.05) is 11.6 Å². The van der Waals surface area contributed by atoms with E-state index < -0.39 is 6.10 Å². The molecular formula is C15H20N2O. The van der Waals surface area contributed by atoms with Gasteiger partial charge in [-0.2, -0.15) is 5.10 Å². The Balaban J connectivity index is 2.08. The molecule has 0 saturated heterocycles. The van der Waals surface area contributed by atoms with E-state index >= 15 is 0 Å². The average molecular weight is 244 g/mol. The van der Waals surface area contributed by atoms with Crippen LogP contribution in [0.25, 0.3) is 0 Å². The van der Waals surface area contributed by atoms with E-state index in [1.165, 1.54) is 0 Å². The Bertz CT molecular complexity index is 497. The Morgan fingerprint density at radius 2 is 1.83 bits per heavy atom. The smallest absolute Gasteiger partial charge is 0.0985 e. The van der Waals surface area contributed by atoms with E-state index in [4.69, 9.17) is 0 Å². The third-order valence-corrected chi connectivity index (χ3v) is 2.95. The molecule has 0 aliphatic carbocycles. The van der Waals surface area contributed by atoms with Crippen molar-refractivity contribution in [3.63, 3.8) is 0 Å². The summed E-state index contributed by atoms with van der Waals surface area (Å²) < 4.78 is 1.80. The minimum absolute atomic E-state index is 0.0446. The summed E-state index contributed by atoms with van der Waals surface area (Å²) in [4.78, 5) is 0. The monoisotopic (exact) mass is 244 g/mol. The Morgan fingerprint density at radius 3 is 2.39 bits per heavy atom. The van der Waals surface area contributed by atoms with Crippen molar-refractivity contribution < 1.29 is 5.11 Å². The van der Waals surface area contributed by atoms with E-state index in [-0.39, 0.29) is 5.41 Å². The van der Waals surface area contributed by atoms with Crippen molar-refractivity contribution in [2.45, 2.75) is 38.8 Å². The van der Waals surface area contributed by atoms with Gasteiger partial charge >= 0.3 is 0 Å². The largest absolute Gasteiger partial charge is 0.386 e. The lowest BCUT2D eigenvalue weighted by Gasteiger charge is -2.15. The minimum atomic E-state index is -0.515. The first kappa shape index (κ1) is 12.8. The first-order chi connectivity index (χ1) is 8.47. The van der Waals surface area contributed by atoms with Gasteiger partial charge in [-0.3, -0.25) is 4.68 Å². The van der Waals surface area contributed by atoms with Crippen LogP contribution in [0, 0.1) is 0 Å². The molecule has 3 heteroatoms. The average Bonchev–Trinajstić information content (AvgIpc) is 2.78. The number of aromatic nitrogens is 2. The predicted octanol–water partition coefficient (Wildman–Crippen LogP) is 2.91. The van der Waals surface area contributed by atoms with Gasteiger partial charge in [0.1, 0.15) is 0 Å². The molecular weight excluding hydrogens is 224 g/mol. The molecule has 0 spiro atoms. The normalized spacial score (nSPS) is 13.6. The molecule has 1 aromatic heterocycles. The number of benzene rings is 1. The van der Waals surface area contributed by atoms with Crippen LogP contribution in [0.5, 0.6) is 0 Å². The molecule has 0 amide bonds. The molecule has 0 fully saturated rings. The molecule has 18 heavy (non-hydrogen) atoms. The zero-order valence-electron chi connectivity index (χ0n) is 11.2. The highest BCUT2D eigenvalue weighted by molar-refractivity contribution is 5.17. The molecule has 1 unspecified atom stereocenters. The second-order valence-corrected chi connectivity index (χ2v) is 5.60. The zero-order chi connectivity index (χ0) is 13.2. The molecule has 1 heterocycles. The Morgan fingerprint density at radius 1 is 1.17 bits per heavy atom. The first-order valence-corrected chi connectivity index (χ1v) is 6.24. The van der Waals surface area contributed by atoms with Crippen LogP contribution < -0.4 is 0 Å². The van der Waals surface area contributed by atoms with Gasteiger partial charge in [0.2, 0.25) is 0 Å². The molecule has 0 aliphatic rings. The molecule has 0 saturated carbocycles. The van der Waals surface area contributed by atoms with Gasteiger partial charge in [-0.25, -0.2) is 0 Å². The molecule has 0 radical (unpaired) electrons. The van der Waals surface area contributed by atoms with Gasteiger partial charge in [0.05, 0.1) is 18.3 Å². The molecule has 3 nitrogen and oxygen atoms in total. The number of nitrogens with zero attached hydrogens (tertiary/aromatic N) is 2. The van der Waals surface area contributed by atoms with Crippen LogP contribution in [0.2, 0.25) is 0 Å². The standard InChI is InChI=1S/C15H20N2O/c1-15(2,3)14-9-10-17(16-14)11-13(18)12-7-5-4-6-8-12/h4-10,13,18H,11H2,1-3H3. The fourth-order valence-corrected chi connectivity index (χ4v) is 1.82. The van der Waals surface area contributed by atoms with E-state index in [1.807, 2.05) is 42.6 Å². The highest BCUT2D eigenvalue weighted by atomic mass is 16.3. The van der Waals surface area contributed by atoms with Crippen LogP contribution in [-0.4, -0.2) is 14.9 Å². The predicted molar refractivity (Wildman–Crippen MR) is 72.3 cm³/mol. The summed E-state index contributed by atoms with van der Waals surface area (Å²) in [5.41, 5.74) is 2.01. The number of hydrogen-bond donors (Lipinski definition) is 1. The van der Waals surface area contributed by atoms with Crippen molar-refractivity contribution in [2.75, 3.05) is 0 Å². The van der Waals surface area contributed by atoms with E-state index in [0.29, 0.717) is 6.54 Å². The number of hydrogen-bond acceptors (Lipinski definition) is 2. The summed E-state index contributed by atoms with van der Waals surface area (Å²) in [5.74, 6) is 0. The maximum absolute atomic E-state index is 10.1. The van der Waals surface area contributed by atoms with Gasteiger partial charge in [0.15, 0.2) is 0 Å². The molecule has 2 rings (SSSR count). The van der Waals surface area contributed by atoms with Gasteiger partial charge in [-0.05, 0) is 11.6 Å². The summed E-state index contributed by atoms with van der Waals surface area (Å²) in [6.45, 7) is 6.88. The summed E-state index contributed by atoms with van der Waals surface area (Å²) in [7, 11) is 0. The quantitative estimate of drug-likeness (QED) is 0.901. The third kappa shape index (κ3) is 2.99. The van der Waals surface area contributed by atoms with Crippen molar-refractivity contribution in [2.24, 2.45) is 0 Å². The van der Waals surface area contributed by atoms with Crippen LogP contribution in [0.15, 0.2) is 42.6 Å². The van der Waals surface area contributed by atoms with E-state index in [2.05, 4.69) is 25.9 Å². The fraction of sp³-hybridized carbons (Fsp3) is 0.400. The highest BCUT2D eigenvalue weighted by Gasteiger charge is 2.17. The van der Waals surface area contributed by atoms with Crippen molar-refractivity contribution in [3.8, 4) is 0 Å². The van der Waals surface area contributed by atoms with E-state index in [0.717, 1.165) is 11.3 Å². The van der Waals surface area contributed by atoms with Crippen molar-refractivity contribution in [1.29, 1.82) is 0 Å². The Hall–Kier alpha value is -1.61. The van der Waals surface area contributed by atoms with Gasteiger partial charge in [0.25, 0.3) is 0 Å². The molecule has 1 atom stereocenters. The molecule has 0 aliphatic heterocycles. The lowest BCUT2D eigenvalue weighted by molar-refractivity contribution is 0.151. The zero-order valence-corrected chi connectivity index (χ0v) is 11.2. The van der Waals surface area contributed by atoms with Gasteiger partial charge in [-0.15, -0.1) is 0 Å². The SMILES string of the molecule is CC(C)(C)c1ccn(CC(O)c2ccccc2)n1. The van der Waals surface area contributed by atoms with Crippen LogP contribution in [0.4, 0.5) is 0 Å². The maximum Gasteiger partial charge on any atom is 0.0985 e. The van der Waals surface area contributed by atoms with Crippen molar-refractivity contribution >= 4 is 0 Å². The van der Waals surface area contributed by atoms with Crippen LogP contribution in [-0.2, 0) is 12.0 Å². The fourth-order valence-electron chi connectivity index (χ4n) is 1.82. The molecule has 1 aromatic carbocycles. The number of rotatable bonds is 3. The third-order valence-electron chi connectivity index (χ3n) is 2.95. The molecule has 1 N–H and O–H groups in total. The van der Waals surface area contributed by atoms with Crippen molar-refractivity contribution in [1.82, 2.24) is 9.78 Å². The molecule has 2 aromatic rings. The van der Waals surface area contributed by atoms with Crippen LogP contribution in [0.3, 0.4) is 0 Å². The topological polar surface area (TPSA) is 38.0 Å². The Kier molecular flexibility index (Phi) is 3.53. The summed E-state index contributed by atoms with van der Waals surface area (Å²) in [6, 6.07) is 11.7. The minimum Gasteiger partial charge on any atom is -0.386 e. The van der Waals surface area contributed by atoms with Crippen LogP contribution in [0.1, 0.15) is 38.1 Å². The van der Waals surface area contributed by atoms with Gasteiger partial charge < -0.3 is 5.11 Å². The maximum atomic E-state index is 10.1. The lowest BCUT2D eigenvalue weighted by atomic mass is 9.93. The van der Waals surface area contributed by atoms with E-state index in [9.17, 15) is 5.11 Å². The Labute approximate surface area is 108 Å². The number of aliphatic hydroxyl groups is 1. The van der Waals surface area contributed by atoms with Gasteiger partial charge in [-0.1, -0.05) is 51.1 Å². The lowest BCUT2D eigenvalue weighted by Crippen LogP contribution is -2.14. The second-order valence-electron chi connectivity index (χ2n) is 5.60. The first-order valence-electron chi connectivity index (χ1n) is 6.24.